The van der Waals surface area contributed by atoms with Gasteiger partial charge in [-0.25, -0.2) is 0 Å². The largest absolute Gasteiger partial charge is 0.323 e. The molecular weight excluding hydrogens is 260 g/mol. The molecule has 0 spiro atoms. The van der Waals surface area contributed by atoms with Crippen molar-refractivity contribution >= 4 is 5.91 Å². The molecule has 1 aliphatic heterocycles. The number of nitrogens with zero attached hydrogens (tertiary/aromatic N) is 1. The summed E-state index contributed by atoms with van der Waals surface area (Å²) in [5.74, 6) is 0.304. The average molecular weight is 286 g/mol. The zero-order valence-electron chi connectivity index (χ0n) is 12.9. The number of carbonyl (C=O) groups is 1. The van der Waals surface area contributed by atoms with Crippen LogP contribution in [0.2, 0.25) is 0 Å². The van der Waals surface area contributed by atoms with Crippen molar-refractivity contribution in [2.45, 2.75) is 70.1 Å². The van der Waals surface area contributed by atoms with E-state index in [0.717, 1.165) is 6.42 Å². The van der Waals surface area contributed by atoms with E-state index in [1.807, 2.05) is 18.2 Å². The topological polar surface area (TPSA) is 32.3 Å². The van der Waals surface area contributed by atoms with Gasteiger partial charge in [0.1, 0.15) is 0 Å². The highest BCUT2D eigenvalue weighted by atomic mass is 16.2. The predicted molar refractivity (Wildman–Crippen MR) is 84.9 cm³/mol. The van der Waals surface area contributed by atoms with E-state index in [2.05, 4.69) is 29.3 Å². The molecule has 114 valence electrons. The molecule has 1 saturated carbocycles. The Morgan fingerprint density at radius 1 is 1.10 bits per heavy atom. The molecule has 1 aromatic rings. The van der Waals surface area contributed by atoms with Gasteiger partial charge >= 0.3 is 0 Å². The summed E-state index contributed by atoms with van der Waals surface area (Å²) in [6.07, 6.45) is 8.52. The Morgan fingerprint density at radius 2 is 1.76 bits per heavy atom. The van der Waals surface area contributed by atoms with E-state index in [4.69, 9.17) is 0 Å². The van der Waals surface area contributed by atoms with Gasteiger partial charge in [0.25, 0.3) is 0 Å². The third kappa shape index (κ3) is 3.29. The van der Waals surface area contributed by atoms with Gasteiger partial charge in [-0.1, -0.05) is 56.0 Å². The minimum atomic E-state index is -0.0503. The van der Waals surface area contributed by atoms with E-state index >= 15 is 0 Å². The van der Waals surface area contributed by atoms with Crippen molar-refractivity contribution in [3.63, 3.8) is 0 Å². The molecule has 0 aromatic heterocycles. The normalized spacial score (nSPS) is 27.9. The molecule has 1 aliphatic carbocycles. The van der Waals surface area contributed by atoms with E-state index in [-0.39, 0.29) is 12.2 Å². The Labute approximate surface area is 127 Å². The lowest BCUT2D eigenvalue weighted by Gasteiger charge is -2.30. The smallest absolute Gasteiger partial charge is 0.241 e. The minimum Gasteiger partial charge on any atom is -0.323 e. The van der Waals surface area contributed by atoms with Crippen LogP contribution < -0.4 is 5.32 Å². The molecule has 1 heterocycles. The summed E-state index contributed by atoms with van der Waals surface area (Å²) in [6.45, 7) is 2.13. The maximum absolute atomic E-state index is 12.8. The van der Waals surface area contributed by atoms with Gasteiger partial charge in [-0.3, -0.25) is 10.1 Å². The van der Waals surface area contributed by atoms with E-state index in [1.165, 1.54) is 44.1 Å². The van der Waals surface area contributed by atoms with Gasteiger partial charge in [-0.2, -0.15) is 0 Å². The SMILES string of the molecule is CC1NC(Cc2ccccc2)C(=O)N1C1CCCCCC1. The van der Waals surface area contributed by atoms with Crippen LogP contribution in [0.4, 0.5) is 0 Å². The zero-order chi connectivity index (χ0) is 14.7. The standard InChI is InChI=1S/C18H26N2O/c1-14-19-17(13-15-9-5-4-6-10-15)18(21)20(14)16-11-7-2-3-8-12-16/h4-6,9-10,14,16-17,19H,2-3,7-8,11-13H2,1H3. The molecule has 3 rings (SSSR count). The Balaban J connectivity index is 1.68. The third-order valence-electron chi connectivity index (χ3n) is 4.91. The molecule has 1 saturated heterocycles. The van der Waals surface area contributed by atoms with Crippen LogP contribution in [0.15, 0.2) is 30.3 Å². The van der Waals surface area contributed by atoms with Gasteiger partial charge in [-0.15, -0.1) is 0 Å². The van der Waals surface area contributed by atoms with Crippen molar-refractivity contribution in [2.24, 2.45) is 0 Å². The van der Waals surface area contributed by atoms with Crippen molar-refractivity contribution in [1.82, 2.24) is 10.2 Å². The summed E-state index contributed by atoms with van der Waals surface area (Å²) in [5, 5.41) is 3.50. The zero-order valence-corrected chi connectivity index (χ0v) is 12.9. The second kappa shape index (κ2) is 6.61. The summed E-state index contributed by atoms with van der Waals surface area (Å²) >= 11 is 0. The van der Waals surface area contributed by atoms with Crippen molar-refractivity contribution < 1.29 is 4.79 Å². The molecule has 1 N–H and O–H groups in total. The van der Waals surface area contributed by atoms with Crippen LogP contribution in [0, 0.1) is 0 Å². The van der Waals surface area contributed by atoms with E-state index in [9.17, 15) is 4.79 Å². The van der Waals surface area contributed by atoms with E-state index in [0.29, 0.717) is 11.9 Å². The molecule has 21 heavy (non-hydrogen) atoms. The molecule has 1 aromatic carbocycles. The van der Waals surface area contributed by atoms with Crippen LogP contribution in [0.5, 0.6) is 0 Å². The second-order valence-electron chi connectivity index (χ2n) is 6.48. The van der Waals surface area contributed by atoms with Gasteiger partial charge in [0.05, 0.1) is 12.2 Å². The maximum atomic E-state index is 12.8. The van der Waals surface area contributed by atoms with Crippen molar-refractivity contribution in [3.8, 4) is 0 Å². The lowest BCUT2D eigenvalue weighted by atomic mass is 10.0. The molecule has 1 amide bonds. The summed E-state index contributed by atoms with van der Waals surface area (Å²) < 4.78 is 0. The first-order chi connectivity index (χ1) is 10.3. The number of rotatable bonds is 3. The summed E-state index contributed by atoms with van der Waals surface area (Å²) in [6, 6.07) is 10.7. The molecular formula is C18H26N2O. The summed E-state index contributed by atoms with van der Waals surface area (Å²) in [4.78, 5) is 14.9. The molecule has 3 heteroatoms. The average Bonchev–Trinajstić information content (AvgIpc) is 2.70. The lowest BCUT2D eigenvalue weighted by Crippen LogP contribution is -2.42. The minimum absolute atomic E-state index is 0.0503. The highest BCUT2D eigenvalue weighted by Crippen LogP contribution is 2.27. The first kappa shape index (κ1) is 14.6. The van der Waals surface area contributed by atoms with Crippen LogP contribution in [-0.4, -0.2) is 29.1 Å². The fourth-order valence-electron chi connectivity index (χ4n) is 3.84. The highest BCUT2D eigenvalue weighted by Gasteiger charge is 2.39. The Kier molecular flexibility index (Phi) is 4.59. The Hall–Kier alpha value is -1.35. The second-order valence-corrected chi connectivity index (χ2v) is 6.48. The quantitative estimate of drug-likeness (QED) is 0.866. The molecule has 2 atom stereocenters. The first-order valence-electron chi connectivity index (χ1n) is 8.38. The molecule has 0 radical (unpaired) electrons. The van der Waals surface area contributed by atoms with Crippen LogP contribution in [0.3, 0.4) is 0 Å². The Bertz CT molecular complexity index is 465. The predicted octanol–water partition coefficient (Wildman–Crippen LogP) is 3.10. The number of benzene rings is 1. The Morgan fingerprint density at radius 3 is 2.43 bits per heavy atom. The number of carbonyl (C=O) groups excluding carboxylic acids is 1. The monoisotopic (exact) mass is 286 g/mol. The number of hydrogen-bond donors (Lipinski definition) is 1. The molecule has 2 fully saturated rings. The molecule has 3 nitrogen and oxygen atoms in total. The van der Waals surface area contributed by atoms with Crippen LogP contribution in [-0.2, 0) is 11.2 Å². The molecule has 2 unspecified atom stereocenters. The number of hydrogen-bond acceptors (Lipinski definition) is 2. The van der Waals surface area contributed by atoms with Gasteiger partial charge in [-0.05, 0) is 31.7 Å². The maximum Gasteiger partial charge on any atom is 0.241 e. The summed E-state index contributed by atoms with van der Waals surface area (Å²) in [7, 11) is 0. The lowest BCUT2D eigenvalue weighted by molar-refractivity contribution is -0.132. The highest BCUT2D eigenvalue weighted by molar-refractivity contribution is 5.85. The number of amides is 1. The van der Waals surface area contributed by atoms with Crippen LogP contribution in [0.25, 0.3) is 0 Å². The van der Waals surface area contributed by atoms with E-state index in [1.54, 1.807) is 0 Å². The first-order valence-corrected chi connectivity index (χ1v) is 8.38. The molecule has 0 bridgehead atoms. The molecule has 2 aliphatic rings. The van der Waals surface area contributed by atoms with Crippen molar-refractivity contribution in [3.05, 3.63) is 35.9 Å². The van der Waals surface area contributed by atoms with E-state index < -0.39 is 0 Å². The van der Waals surface area contributed by atoms with Crippen molar-refractivity contribution in [2.75, 3.05) is 0 Å². The van der Waals surface area contributed by atoms with Gasteiger partial charge in [0.15, 0.2) is 0 Å². The van der Waals surface area contributed by atoms with Gasteiger partial charge in [0.2, 0.25) is 5.91 Å². The van der Waals surface area contributed by atoms with Gasteiger partial charge < -0.3 is 4.90 Å². The summed E-state index contributed by atoms with van der Waals surface area (Å²) in [5.41, 5.74) is 1.23. The van der Waals surface area contributed by atoms with Crippen molar-refractivity contribution in [1.29, 1.82) is 0 Å². The van der Waals surface area contributed by atoms with Crippen LogP contribution >= 0.6 is 0 Å². The fraction of sp³-hybridized carbons (Fsp3) is 0.611. The number of nitrogens with one attached hydrogen (secondary N) is 1. The van der Waals surface area contributed by atoms with Gasteiger partial charge in [0, 0.05) is 6.04 Å². The fourth-order valence-corrected chi connectivity index (χ4v) is 3.84. The van der Waals surface area contributed by atoms with Crippen LogP contribution in [0.1, 0.15) is 51.0 Å². The third-order valence-corrected chi connectivity index (χ3v) is 4.91.